The van der Waals surface area contributed by atoms with E-state index in [2.05, 4.69) is 0 Å². The number of benzene rings is 1. The number of rotatable bonds is 4. The molecule has 1 unspecified atom stereocenters. The molecule has 1 aliphatic heterocycles. The lowest BCUT2D eigenvalue weighted by atomic mass is 10.3. The van der Waals surface area contributed by atoms with Crippen LogP contribution >= 0.6 is 0 Å². The summed E-state index contributed by atoms with van der Waals surface area (Å²) in [7, 11) is -3.51. The van der Waals surface area contributed by atoms with Gasteiger partial charge in [0, 0.05) is 6.07 Å². The summed E-state index contributed by atoms with van der Waals surface area (Å²) in [5.41, 5.74) is 0. The molecule has 0 saturated carbocycles. The minimum atomic E-state index is -3.51. The Morgan fingerprint density at radius 2 is 2.06 bits per heavy atom. The maximum absolute atomic E-state index is 12.1. The molecule has 0 radical (unpaired) electrons. The molecule has 0 aliphatic carbocycles. The van der Waals surface area contributed by atoms with Gasteiger partial charge in [-0.05, 0) is 18.6 Å². The van der Waals surface area contributed by atoms with Gasteiger partial charge < -0.3 is 14.6 Å². The molecular weight excluding hydrogens is 244 g/mol. The first kappa shape index (κ1) is 12.2. The molecule has 1 aliphatic rings. The van der Waals surface area contributed by atoms with Crippen molar-refractivity contribution in [2.75, 3.05) is 13.4 Å². The SMILES string of the molecule is CCC(CO)S(=O)(=O)c1ccc2c(c1)OCO2. The van der Waals surface area contributed by atoms with Crippen LogP contribution in [0.2, 0.25) is 0 Å². The Labute approximate surface area is 99.9 Å². The van der Waals surface area contributed by atoms with Gasteiger partial charge in [-0.1, -0.05) is 6.92 Å². The lowest BCUT2D eigenvalue weighted by molar-refractivity contribution is 0.174. The third-order valence-corrected chi connectivity index (χ3v) is 5.04. The molecule has 0 bridgehead atoms. The largest absolute Gasteiger partial charge is 0.454 e. The molecule has 0 saturated heterocycles. The maximum atomic E-state index is 12.1. The molecule has 6 heteroatoms. The molecule has 0 aromatic heterocycles. The van der Waals surface area contributed by atoms with E-state index in [9.17, 15) is 8.42 Å². The lowest BCUT2D eigenvalue weighted by Gasteiger charge is -2.13. The van der Waals surface area contributed by atoms with Crippen LogP contribution in [-0.2, 0) is 9.84 Å². The highest BCUT2D eigenvalue weighted by Crippen LogP contribution is 2.34. The molecule has 1 aromatic carbocycles. The zero-order valence-electron chi connectivity index (χ0n) is 9.42. The minimum Gasteiger partial charge on any atom is -0.454 e. The summed E-state index contributed by atoms with van der Waals surface area (Å²) >= 11 is 0. The molecule has 1 heterocycles. The van der Waals surface area contributed by atoms with E-state index in [0.29, 0.717) is 17.9 Å². The second kappa shape index (κ2) is 4.54. The first-order valence-electron chi connectivity index (χ1n) is 5.34. The van der Waals surface area contributed by atoms with Crippen molar-refractivity contribution in [2.24, 2.45) is 0 Å². The van der Waals surface area contributed by atoms with Crippen LogP contribution in [0.3, 0.4) is 0 Å². The highest BCUT2D eigenvalue weighted by molar-refractivity contribution is 7.92. The van der Waals surface area contributed by atoms with Crippen LogP contribution < -0.4 is 9.47 Å². The van der Waals surface area contributed by atoms with E-state index in [4.69, 9.17) is 14.6 Å². The molecule has 17 heavy (non-hydrogen) atoms. The summed E-state index contributed by atoms with van der Waals surface area (Å²) in [5.74, 6) is 0.972. The molecule has 1 aromatic rings. The van der Waals surface area contributed by atoms with Crippen molar-refractivity contribution in [3.63, 3.8) is 0 Å². The molecule has 1 atom stereocenters. The predicted octanol–water partition coefficient (Wildman–Crippen LogP) is 0.960. The molecule has 94 valence electrons. The molecule has 5 nitrogen and oxygen atoms in total. The van der Waals surface area contributed by atoms with Gasteiger partial charge in [0.05, 0.1) is 16.8 Å². The number of aliphatic hydroxyl groups is 1. The standard InChI is InChI=1S/C11H14O5S/c1-2-8(6-12)17(13,14)9-3-4-10-11(5-9)16-7-15-10/h3-5,8,12H,2,6-7H2,1H3. The Bertz CT molecular complexity index is 505. The average molecular weight is 258 g/mol. The fourth-order valence-corrected chi connectivity index (χ4v) is 3.24. The summed E-state index contributed by atoms with van der Waals surface area (Å²) in [6.07, 6.45) is 0.368. The van der Waals surface area contributed by atoms with Crippen LogP contribution in [0.15, 0.2) is 23.1 Å². The van der Waals surface area contributed by atoms with E-state index >= 15 is 0 Å². The molecule has 0 fully saturated rings. The number of sulfone groups is 1. The van der Waals surface area contributed by atoms with Crippen LogP contribution in [0.25, 0.3) is 0 Å². The molecule has 0 spiro atoms. The smallest absolute Gasteiger partial charge is 0.231 e. The fraction of sp³-hybridized carbons (Fsp3) is 0.455. The Morgan fingerprint density at radius 3 is 2.71 bits per heavy atom. The highest BCUT2D eigenvalue weighted by atomic mass is 32.2. The summed E-state index contributed by atoms with van der Waals surface area (Å²) in [4.78, 5) is 0.155. The zero-order valence-corrected chi connectivity index (χ0v) is 10.2. The number of hydrogen-bond acceptors (Lipinski definition) is 5. The summed E-state index contributed by atoms with van der Waals surface area (Å²) in [5, 5.41) is 8.31. The Hall–Kier alpha value is -1.27. The first-order valence-corrected chi connectivity index (χ1v) is 6.88. The molecule has 0 amide bonds. The lowest BCUT2D eigenvalue weighted by Crippen LogP contribution is -2.24. The van der Waals surface area contributed by atoms with E-state index in [0.717, 1.165) is 0 Å². The van der Waals surface area contributed by atoms with E-state index in [1.54, 1.807) is 13.0 Å². The quantitative estimate of drug-likeness (QED) is 0.870. The number of ether oxygens (including phenoxy) is 2. The van der Waals surface area contributed by atoms with Crippen molar-refractivity contribution >= 4 is 9.84 Å². The van der Waals surface area contributed by atoms with Crippen molar-refractivity contribution < 1.29 is 23.0 Å². The van der Waals surface area contributed by atoms with Crippen molar-refractivity contribution in [3.05, 3.63) is 18.2 Å². The normalized spacial score (nSPS) is 15.9. The Morgan fingerprint density at radius 1 is 1.35 bits per heavy atom. The number of fused-ring (bicyclic) bond motifs is 1. The van der Waals surface area contributed by atoms with Gasteiger partial charge in [0.2, 0.25) is 6.79 Å². The van der Waals surface area contributed by atoms with E-state index in [-0.39, 0.29) is 18.3 Å². The first-order chi connectivity index (χ1) is 8.09. The van der Waals surface area contributed by atoms with Crippen LogP contribution in [0, 0.1) is 0 Å². The topological polar surface area (TPSA) is 72.8 Å². The minimum absolute atomic E-state index is 0.107. The van der Waals surface area contributed by atoms with Crippen molar-refractivity contribution in [2.45, 2.75) is 23.5 Å². The number of hydrogen-bond donors (Lipinski definition) is 1. The molecule has 2 rings (SSSR count). The van der Waals surface area contributed by atoms with Gasteiger partial charge in [-0.15, -0.1) is 0 Å². The van der Waals surface area contributed by atoms with Gasteiger partial charge in [-0.2, -0.15) is 0 Å². The summed E-state index contributed by atoms with van der Waals surface area (Å²) in [6, 6.07) is 4.48. The van der Waals surface area contributed by atoms with Gasteiger partial charge in [-0.3, -0.25) is 0 Å². The maximum Gasteiger partial charge on any atom is 0.231 e. The second-order valence-electron chi connectivity index (χ2n) is 3.77. The third kappa shape index (κ3) is 2.10. The van der Waals surface area contributed by atoms with Gasteiger partial charge in [0.25, 0.3) is 0 Å². The van der Waals surface area contributed by atoms with Crippen LogP contribution in [0.5, 0.6) is 11.5 Å². The van der Waals surface area contributed by atoms with E-state index in [1.165, 1.54) is 12.1 Å². The average Bonchev–Trinajstić information content (AvgIpc) is 2.77. The van der Waals surface area contributed by atoms with Crippen LogP contribution in [0.4, 0.5) is 0 Å². The van der Waals surface area contributed by atoms with Gasteiger partial charge >= 0.3 is 0 Å². The summed E-state index contributed by atoms with van der Waals surface area (Å²) < 4.78 is 34.5. The van der Waals surface area contributed by atoms with E-state index in [1.807, 2.05) is 0 Å². The van der Waals surface area contributed by atoms with Gasteiger partial charge in [-0.25, -0.2) is 8.42 Å². The van der Waals surface area contributed by atoms with Crippen molar-refractivity contribution in [3.8, 4) is 11.5 Å². The Balaban J connectivity index is 2.40. The Kier molecular flexibility index (Phi) is 3.26. The van der Waals surface area contributed by atoms with Crippen molar-refractivity contribution in [1.82, 2.24) is 0 Å². The monoisotopic (exact) mass is 258 g/mol. The van der Waals surface area contributed by atoms with Gasteiger partial charge in [0.15, 0.2) is 21.3 Å². The molecular formula is C11H14O5S. The van der Waals surface area contributed by atoms with Gasteiger partial charge in [0.1, 0.15) is 0 Å². The predicted molar refractivity (Wildman–Crippen MR) is 60.9 cm³/mol. The fourth-order valence-electron chi connectivity index (χ4n) is 1.69. The van der Waals surface area contributed by atoms with E-state index < -0.39 is 15.1 Å². The zero-order chi connectivity index (χ0) is 12.5. The molecule has 1 N–H and O–H groups in total. The highest BCUT2D eigenvalue weighted by Gasteiger charge is 2.27. The summed E-state index contributed by atoms with van der Waals surface area (Å²) in [6.45, 7) is 1.45. The second-order valence-corrected chi connectivity index (χ2v) is 6.00. The van der Waals surface area contributed by atoms with Crippen LogP contribution in [0.1, 0.15) is 13.3 Å². The third-order valence-electron chi connectivity index (χ3n) is 2.77. The number of aliphatic hydroxyl groups excluding tert-OH is 1. The van der Waals surface area contributed by atoms with Crippen LogP contribution in [-0.4, -0.2) is 32.2 Å². The van der Waals surface area contributed by atoms with Crippen molar-refractivity contribution in [1.29, 1.82) is 0 Å².